The molecule has 0 radical (unpaired) electrons. The number of benzene rings is 1. The van der Waals surface area contributed by atoms with Crippen molar-refractivity contribution in [2.24, 2.45) is 5.92 Å². The molecule has 1 aliphatic heterocycles. The van der Waals surface area contributed by atoms with Crippen molar-refractivity contribution in [3.05, 3.63) is 35.4 Å². The molecule has 0 unspecified atom stereocenters. The topological polar surface area (TPSA) is 52.7 Å². The summed E-state index contributed by atoms with van der Waals surface area (Å²) in [5.74, 6) is 0.880. The molecule has 5 heteroatoms. The lowest BCUT2D eigenvalue weighted by atomic mass is 9.89. The van der Waals surface area contributed by atoms with Crippen LogP contribution in [0.4, 0.5) is 0 Å². The van der Waals surface area contributed by atoms with Crippen molar-refractivity contribution in [2.75, 3.05) is 39.3 Å². The number of hydrogen-bond acceptors (Lipinski definition) is 3. The highest BCUT2D eigenvalue weighted by atomic mass is 16.2. The molecule has 1 aliphatic carbocycles. The zero-order valence-corrected chi connectivity index (χ0v) is 16.6. The molecule has 1 heterocycles. The van der Waals surface area contributed by atoms with Gasteiger partial charge in [-0.3, -0.25) is 14.5 Å². The van der Waals surface area contributed by atoms with Crippen LogP contribution in [0.25, 0.3) is 0 Å². The first-order valence-electron chi connectivity index (χ1n) is 10.5. The minimum Gasteiger partial charge on any atom is -0.355 e. The van der Waals surface area contributed by atoms with Crippen molar-refractivity contribution in [1.29, 1.82) is 0 Å². The van der Waals surface area contributed by atoms with E-state index in [1.807, 2.05) is 29.2 Å². The molecule has 5 nitrogen and oxygen atoms in total. The maximum atomic E-state index is 12.6. The third-order valence-corrected chi connectivity index (χ3v) is 5.95. The molecule has 2 fully saturated rings. The van der Waals surface area contributed by atoms with E-state index in [0.29, 0.717) is 25.6 Å². The van der Waals surface area contributed by atoms with Crippen LogP contribution < -0.4 is 5.32 Å². The predicted octanol–water partition coefficient (Wildman–Crippen LogP) is 2.70. The number of rotatable bonds is 6. The minimum absolute atomic E-state index is 0.0963. The molecule has 1 N–H and O–H groups in total. The van der Waals surface area contributed by atoms with E-state index in [0.717, 1.165) is 31.6 Å². The Hall–Kier alpha value is -1.88. The van der Waals surface area contributed by atoms with Crippen molar-refractivity contribution >= 4 is 11.8 Å². The summed E-state index contributed by atoms with van der Waals surface area (Å²) in [7, 11) is 0. The van der Waals surface area contributed by atoms with Gasteiger partial charge in [0.15, 0.2) is 0 Å². The van der Waals surface area contributed by atoms with Crippen molar-refractivity contribution < 1.29 is 9.59 Å². The number of nitrogens with zero attached hydrogens (tertiary/aromatic N) is 2. The van der Waals surface area contributed by atoms with E-state index in [-0.39, 0.29) is 11.8 Å². The number of hydrogen-bond donors (Lipinski definition) is 1. The molecular weight excluding hydrogens is 338 g/mol. The van der Waals surface area contributed by atoms with Gasteiger partial charge >= 0.3 is 0 Å². The molecule has 1 saturated carbocycles. The largest absolute Gasteiger partial charge is 0.355 e. The summed E-state index contributed by atoms with van der Waals surface area (Å²) in [5.41, 5.74) is 2.00. The monoisotopic (exact) mass is 371 g/mol. The highest BCUT2D eigenvalue weighted by Gasteiger charge is 2.23. The average Bonchev–Trinajstić information content (AvgIpc) is 2.73. The zero-order chi connectivity index (χ0) is 19.1. The predicted molar refractivity (Wildman–Crippen MR) is 108 cm³/mol. The summed E-state index contributed by atoms with van der Waals surface area (Å²) in [5, 5.41) is 3.11. The van der Waals surface area contributed by atoms with Gasteiger partial charge in [-0.15, -0.1) is 0 Å². The highest BCUT2D eigenvalue weighted by molar-refractivity contribution is 5.94. The molecular formula is C22H33N3O2. The van der Waals surface area contributed by atoms with Crippen LogP contribution in [0.3, 0.4) is 0 Å². The molecule has 1 aromatic carbocycles. The molecule has 1 saturated heterocycles. The molecule has 0 spiro atoms. The van der Waals surface area contributed by atoms with Crippen LogP contribution >= 0.6 is 0 Å². The fourth-order valence-electron chi connectivity index (χ4n) is 4.08. The van der Waals surface area contributed by atoms with Crippen molar-refractivity contribution in [3.8, 4) is 0 Å². The van der Waals surface area contributed by atoms with Gasteiger partial charge in [-0.1, -0.05) is 38.3 Å². The van der Waals surface area contributed by atoms with Gasteiger partial charge in [0.1, 0.15) is 0 Å². The first-order chi connectivity index (χ1) is 13.2. The molecule has 1 aromatic rings. The van der Waals surface area contributed by atoms with Gasteiger partial charge < -0.3 is 10.2 Å². The lowest BCUT2D eigenvalue weighted by Crippen LogP contribution is -2.51. The fourth-order valence-corrected chi connectivity index (χ4v) is 4.08. The summed E-state index contributed by atoms with van der Waals surface area (Å²) in [4.78, 5) is 28.9. The van der Waals surface area contributed by atoms with Gasteiger partial charge in [-0.2, -0.15) is 0 Å². The van der Waals surface area contributed by atoms with Crippen LogP contribution in [0, 0.1) is 5.92 Å². The maximum absolute atomic E-state index is 12.6. The molecule has 27 heavy (non-hydrogen) atoms. The third-order valence-electron chi connectivity index (χ3n) is 5.95. The van der Waals surface area contributed by atoms with Gasteiger partial charge in [0.05, 0.1) is 6.54 Å². The Morgan fingerprint density at radius 1 is 1.00 bits per heavy atom. The molecule has 0 bridgehead atoms. The van der Waals surface area contributed by atoms with Crippen molar-refractivity contribution in [3.63, 3.8) is 0 Å². The second kappa shape index (κ2) is 9.88. The van der Waals surface area contributed by atoms with Crippen LogP contribution in [0.5, 0.6) is 0 Å². The molecule has 0 aromatic heterocycles. The van der Waals surface area contributed by atoms with E-state index in [2.05, 4.69) is 17.1 Å². The number of carbonyl (C=O) groups excluding carboxylic acids is 2. The van der Waals surface area contributed by atoms with Gasteiger partial charge in [0.25, 0.3) is 5.91 Å². The first-order valence-corrected chi connectivity index (χ1v) is 10.5. The van der Waals surface area contributed by atoms with Crippen LogP contribution in [-0.4, -0.2) is 60.9 Å². The third kappa shape index (κ3) is 5.80. The summed E-state index contributed by atoms with van der Waals surface area (Å²) >= 11 is 0. The Balaban J connectivity index is 1.38. The van der Waals surface area contributed by atoms with E-state index in [4.69, 9.17) is 0 Å². The maximum Gasteiger partial charge on any atom is 0.253 e. The average molecular weight is 372 g/mol. The SMILES string of the molecule is CCc1ccc(C(=O)N2CCN(CC(=O)NCC3CCCCC3)CC2)cc1. The number of nitrogens with one attached hydrogen (secondary N) is 1. The second-order valence-electron chi connectivity index (χ2n) is 7.93. The first kappa shape index (κ1) is 19.9. The van der Waals surface area contributed by atoms with Crippen LogP contribution in [0.1, 0.15) is 54.9 Å². The Labute approximate surface area is 163 Å². The Morgan fingerprint density at radius 2 is 1.67 bits per heavy atom. The fraction of sp³-hybridized carbons (Fsp3) is 0.636. The Morgan fingerprint density at radius 3 is 2.30 bits per heavy atom. The number of aryl methyl sites for hydroxylation is 1. The van der Waals surface area contributed by atoms with Crippen molar-refractivity contribution in [2.45, 2.75) is 45.4 Å². The molecule has 2 aliphatic rings. The quantitative estimate of drug-likeness (QED) is 0.836. The van der Waals surface area contributed by atoms with E-state index >= 15 is 0 Å². The summed E-state index contributed by atoms with van der Waals surface area (Å²) in [6, 6.07) is 7.90. The number of amides is 2. The van der Waals surface area contributed by atoms with Gasteiger partial charge in [0, 0.05) is 38.3 Å². The zero-order valence-electron chi connectivity index (χ0n) is 16.6. The van der Waals surface area contributed by atoms with E-state index in [9.17, 15) is 9.59 Å². The van der Waals surface area contributed by atoms with Gasteiger partial charge in [0.2, 0.25) is 5.91 Å². The van der Waals surface area contributed by atoms with E-state index in [1.165, 1.54) is 37.7 Å². The Bertz CT molecular complexity index is 615. The smallest absolute Gasteiger partial charge is 0.253 e. The number of piperazine rings is 1. The van der Waals surface area contributed by atoms with Crippen LogP contribution in [-0.2, 0) is 11.2 Å². The lowest BCUT2D eigenvalue weighted by Gasteiger charge is -2.34. The lowest BCUT2D eigenvalue weighted by molar-refractivity contribution is -0.122. The minimum atomic E-state index is 0.0963. The normalized spacial score (nSPS) is 19.1. The highest BCUT2D eigenvalue weighted by Crippen LogP contribution is 2.22. The molecule has 2 amide bonds. The molecule has 148 valence electrons. The van der Waals surface area contributed by atoms with Gasteiger partial charge in [-0.25, -0.2) is 0 Å². The summed E-state index contributed by atoms with van der Waals surface area (Å²) < 4.78 is 0. The van der Waals surface area contributed by atoms with Crippen LogP contribution in [0.15, 0.2) is 24.3 Å². The second-order valence-corrected chi connectivity index (χ2v) is 7.93. The van der Waals surface area contributed by atoms with E-state index in [1.54, 1.807) is 0 Å². The van der Waals surface area contributed by atoms with Crippen molar-refractivity contribution in [1.82, 2.24) is 15.1 Å². The standard InChI is InChI=1S/C22H33N3O2/c1-2-18-8-10-20(11-9-18)22(27)25-14-12-24(13-15-25)17-21(26)23-16-19-6-4-3-5-7-19/h8-11,19H,2-7,12-17H2,1H3,(H,23,26). The van der Waals surface area contributed by atoms with Crippen LogP contribution in [0.2, 0.25) is 0 Å². The summed E-state index contributed by atoms with van der Waals surface area (Å²) in [6.45, 7) is 6.27. The van der Waals surface area contributed by atoms with E-state index < -0.39 is 0 Å². The molecule has 3 rings (SSSR count). The van der Waals surface area contributed by atoms with Gasteiger partial charge in [-0.05, 0) is 42.9 Å². The molecule has 0 atom stereocenters. The Kier molecular flexibility index (Phi) is 7.27. The summed E-state index contributed by atoms with van der Waals surface area (Å²) in [6.07, 6.45) is 7.43. The number of carbonyl (C=O) groups is 2.